The van der Waals surface area contributed by atoms with E-state index in [0.717, 1.165) is 0 Å². The Hall–Kier alpha value is 0.360. The maximum absolute atomic E-state index is 8.74. The van der Waals surface area contributed by atoms with Gasteiger partial charge in [0.15, 0.2) is 0 Å². The van der Waals surface area contributed by atoms with Gasteiger partial charge in [0.05, 0.1) is 0 Å². The number of hydrogen-bond donors (Lipinski definition) is 6. The predicted molar refractivity (Wildman–Crippen MR) is 51.4 cm³/mol. The summed E-state index contributed by atoms with van der Waals surface area (Å²) in [5.74, 6) is 0. The molecule has 14 heteroatoms. The second-order valence-corrected chi connectivity index (χ2v) is 2.73. The first-order valence-corrected chi connectivity index (χ1v) is 5.29. The Balaban J connectivity index is -0.0000000522. The molecule has 0 saturated heterocycles. The van der Waals surface area contributed by atoms with E-state index >= 15 is 0 Å². The highest BCUT2D eigenvalue weighted by Crippen LogP contribution is 1.59. The van der Waals surface area contributed by atoms with E-state index in [9.17, 15) is 0 Å². The van der Waals surface area contributed by atoms with E-state index in [4.69, 9.17) is 44.2 Å². The average Bonchev–Trinajstić information content (AvgIpc) is 1.50. The van der Waals surface area contributed by atoms with Gasteiger partial charge in [-0.15, -0.1) is 0 Å². The predicted octanol–water partition coefficient (Wildman–Crippen LogP) is -1.18. The maximum Gasteiger partial charge on any atom is 0.394 e. The lowest BCUT2D eigenvalue weighted by Gasteiger charge is -1.68. The van der Waals surface area contributed by atoms with Crippen molar-refractivity contribution in [3.63, 3.8) is 0 Å². The molecule has 0 radical (unpaired) electrons. The molecule has 0 aromatic carbocycles. The molecular formula is H8O10S4. The molecule has 14 heavy (non-hydrogen) atoms. The molecule has 0 amide bonds. The molecule has 0 unspecified atom stereocenters. The summed E-state index contributed by atoms with van der Waals surface area (Å²) in [5, 5.41) is 0. The lowest BCUT2D eigenvalue weighted by Crippen LogP contribution is -1.89. The first-order valence-electron chi connectivity index (χ1n) is 1.76. The van der Waals surface area contributed by atoms with Gasteiger partial charge in [0.1, 0.15) is 0 Å². The first kappa shape index (κ1) is 23.9. The maximum atomic E-state index is 8.74. The Morgan fingerprint density at radius 1 is 0.786 bits per heavy atom. The van der Waals surface area contributed by atoms with Crippen molar-refractivity contribution >= 4 is 46.6 Å². The van der Waals surface area contributed by atoms with Crippen LogP contribution in [0.3, 0.4) is 0 Å². The minimum absolute atomic E-state index is 0. The third kappa shape index (κ3) is 12300. The largest absolute Gasteiger partial charge is 0.394 e. The standard InChI is InChI=1S/H2O4S.2H2O3S.H2S/c1-5(2,3)4;2*1-4(2)3;/h(H2,1,2,3,4);2*(H2,1,2,3);1H2. The lowest BCUT2D eigenvalue weighted by molar-refractivity contribution is 0.380. The second-order valence-electron chi connectivity index (χ2n) is 0.909. The Kier molecular flexibility index (Phi) is 22.8. The van der Waals surface area contributed by atoms with Crippen molar-refractivity contribution in [3.05, 3.63) is 0 Å². The van der Waals surface area contributed by atoms with Crippen LogP contribution in [0.2, 0.25) is 0 Å². The van der Waals surface area contributed by atoms with Crippen LogP contribution in [0.25, 0.3) is 0 Å². The van der Waals surface area contributed by atoms with Gasteiger partial charge in [-0.25, -0.2) is 0 Å². The summed E-state index contributed by atoms with van der Waals surface area (Å²) in [6.07, 6.45) is 0. The summed E-state index contributed by atoms with van der Waals surface area (Å²) in [7, 11) is -4.67. The summed E-state index contributed by atoms with van der Waals surface area (Å²) in [6, 6.07) is 0. The third-order valence-electron chi connectivity index (χ3n) is 0. The SMILES string of the molecule is O=S(=O)(O)O.O=S(O)O.O=S(O)O.S. The molecule has 0 aromatic heterocycles. The van der Waals surface area contributed by atoms with Gasteiger partial charge >= 0.3 is 10.4 Å². The van der Waals surface area contributed by atoms with Crippen LogP contribution in [-0.4, -0.2) is 44.2 Å². The summed E-state index contributed by atoms with van der Waals surface area (Å²) in [6.45, 7) is 0. The van der Waals surface area contributed by atoms with E-state index in [2.05, 4.69) is 0 Å². The topological polar surface area (TPSA) is 190 Å². The number of hydrogen-bond acceptors (Lipinski definition) is 4. The van der Waals surface area contributed by atoms with Crippen molar-refractivity contribution in [2.24, 2.45) is 0 Å². The molecule has 0 atom stereocenters. The smallest absolute Gasteiger partial charge is 0.284 e. The Labute approximate surface area is 91.0 Å². The molecule has 0 rings (SSSR count). The van der Waals surface area contributed by atoms with E-state index in [-0.39, 0.29) is 13.5 Å². The highest BCUT2D eigenvalue weighted by Gasteiger charge is 1.84. The summed E-state index contributed by atoms with van der Waals surface area (Å²) in [5.41, 5.74) is 0. The Morgan fingerprint density at radius 3 is 0.786 bits per heavy atom. The van der Waals surface area contributed by atoms with Crippen LogP contribution in [-0.2, 0) is 33.1 Å². The highest BCUT2D eigenvalue weighted by atomic mass is 32.3. The zero-order chi connectivity index (χ0) is 11.7. The first-order chi connectivity index (χ1) is 5.46. The fourth-order valence-electron chi connectivity index (χ4n) is 0. The molecule has 0 aliphatic heterocycles. The summed E-state index contributed by atoms with van der Waals surface area (Å²) in [4.78, 5) is 0. The van der Waals surface area contributed by atoms with Crippen molar-refractivity contribution in [1.29, 1.82) is 0 Å². The van der Waals surface area contributed by atoms with E-state index in [1.165, 1.54) is 0 Å². The quantitative estimate of drug-likeness (QED) is 0.234. The van der Waals surface area contributed by atoms with Crippen LogP contribution in [0.15, 0.2) is 0 Å². The van der Waals surface area contributed by atoms with E-state index in [1.54, 1.807) is 0 Å². The zero-order valence-corrected chi connectivity index (χ0v) is 9.49. The molecular weight excluding hydrogens is 288 g/mol. The summed E-state index contributed by atoms with van der Waals surface area (Å²) < 4.78 is 77.2. The van der Waals surface area contributed by atoms with Crippen LogP contribution in [0.4, 0.5) is 0 Å². The van der Waals surface area contributed by atoms with Crippen LogP contribution < -0.4 is 0 Å². The van der Waals surface area contributed by atoms with Gasteiger partial charge in [0.25, 0.3) is 22.7 Å². The second kappa shape index (κ2) is 13.4. The molecule has 0 bridgehead atoms. The minimum Gasteiger partial charge on any atom is -0.284 e. The van der Waals surface area contributed by atoms with Crippen molar-refractivity contribution in [2.75, 3.05) is 0 Å². The Morgan fingerprint density at radius 2 is 0.786 bits per heavy atom. The van der Waals surface area contributed by atoms with Gasteiger partial charge in [-0.2, -0.15) is 30.3 Å². The molecule has 92 valence electrons. The van der Waals surface area contributed by atoms with Gasteiger partial charge in [-0.05, 0) is 0 Å². The van der Waals surface area contributed by atoms with Crippen LogP contribution >= 0.6 is 13.5 Å². The van der Waals surface area contributed by atoms with Crippen molar-refractivity contribution < 1.29 is 44.2 Å². The monoisotopic (exact) mass is 296 g/mol. The van der Waals surface area contributed by atoms with Crippen molar-refractivity contribution in [2.45, 2.75) is 0 Å². The van der Waals surface area contributed by atoms with E-state index < -0.39 is 33.1 Å². The van der Waals surface area contributed by atoms with Crippen molar-refractivity contribution in [1.82, 2.24) is 0 Å². The average molecular weight is 296 g/mol. The zero-order valence-electron chi connectivity index (χ0n) is 6.04. The van der Waals surface area contributed by atoms with Gasteiger partial charge in [0.2, 0.25) is 0 Å². The normalized spacial score (nSPS) is 9.14. The Bertz CT molecular complexity index is 207. The minimum atomic E-state index is -4.67. The molecule has 0 saturated carbocycles. The fourth-order valence-corrected chi connectivity index (χ4v) is 0. The van der Waals surface area contributed by atoms with Crippen LogP contribution in [0, 0.1) is 0 Å². The molecule has 10 nitrogen and oxygen atoms in total. The molecule has 0 aliphatic rings. The van der Waals surface area contributed by atoms with Crippen LogP contribution in [0.5, 0.6) is 0 Å². The highest BCUT2D eigenvalue weighted by molar-refractivity contribution is 7.79. The molecule has 0 fully saturated rings. The van der Waals surface area contributed by atoms with Gasteiger partial charge in [-0.1, -0.05) is 0 Å². The molecule has 0 heterocycles. The van der Waals surface area contributed by atoms with Crippen LogP contribution in [0.1, 0.15) is 0 Å². The third-order valence-corrected chi connectivity index (χ3v) is 0. The molecule has 6 N–H and O–H groups in total. The van der Waals surface area contributed by atoms with Gasteiger partial charge in [-0.3, -0.25) is 27.3 Å². The van der Waals surface area contributed by atoms with Gasteiger partial charge in [0, 0.05) is 0 Å². The van der Waals surface area contributed by atoms with E-state index in [0.29, 0.717) is 0 Å². The number of rotatable bonds is 0. The van der Waals surface area contributed by atoms with Crippen molar-refractivity contribution in [3.8, 4) is 0 Å². The molecule has 0 aromatic rings. The fraction of sp³-hybridized carbons (Fsp3) is 0. The molecule has 0 aliphatic carbocycles. The molecule has 0 spiro atoms. The van der Waals surface area contributed by atoms with Gasteiger partial charge < -0.3 is 0 Å². The summed E-state index contributed by atoms with van der Waals surface area (Å²) >= 11 is -5.22. The lowest BCUT2D eigenvalue weighted by atomic mass is 15.8. The van der Waals surface area contributed by atoms with E-state index in [1.807, 2.05) is 0 Å².